The minimum atomic E-state index is 0.726. The largest absolute Gasteiger partial charge is 0.368 e. The first-order valence-electron chi connectivity index (χ1n) is 7.76. The molecule has 1 unspecified atom stereocenters. The molecule has 1 aromatic rings. The standard InChI is InChI=1S/C17H23N3/c1-13-9-17(5-4-15(13)10-18)20(16-6-7-16)12-14-3-2-8-19-11-14/h4-5,9,14,16,19H,2-3,6-8,11-12H2,1H3. The summed E-state index contributed by atoms with van der Waals surface area (Å²) in [6, 6.07) is 9.27. The Bertz CT molecular complexity index is 507. The second kappa shape index (κ2) is 5.85. The predicted octanol–water partition coefficient (Wildman–Crippen LogP) is 2.84. The molecule has 1 aromatic carbocycles. The Morgan fingerprint density at radius 2 is 2.20 bits per heavy atom. The summed E-state index contributed by atoms with van der Waals surface area (Å²) in [5, 5.41) is 12.6. The molecule has 0 radical (unpaired) electrons. The summed E-state index contributed by atoms with van der Waals surface area (Å²) in [7, 11) is 0. The lowest BCUT2D eigenvalue weighted by atomic mass is 9.98. The minimum Gasteiger partial charge on any atom is -0.368 e. The van der Waals surface area contributed by atoms with Crippen LogP contribution in [0.1, 0.15) is 36.8 Å². The van der Waals surface area contributed by atoms with Gasteiger partial charge in [-0.1, -0.05) is 0 Å². The van der Waals surface area contributed by atoms with Gasteiger partial charge in [0, 0.05) is 18.3 Å². The van der Waals surface area contributed by atoms with E-state index >= 15 is 0 Å². The molecule has 1 atom stereocenters. The SMILES string of the molecule is Cc1cc(N(CC2CCCNC2)C2CC2)ccc1C#N. The first-order valence-corrected chi connectivity index (χ1v) is 7.76. The summed E-state index contributed by atoms with van der Waals surface area (Å²) in [5.74, 6) is 0.764. The number of nitriles is 1. The van der Waals surface area contributed by atoms with E-state index in [0.717, 1.165) is 36.2 Å². The Hall–Kier alpha value is -1.53. The monoisotopic (exact) mass is 269 g/mol. The summed E-state index contributed by atoms with van der Waals surface area (Å²) < 4.78 is 0. The number of benzene rings is 1. The van der Waals surface area contributed by atoms with E-state index in [1.54, 1.807) is 0 Å². The molecule has 3 nitrogen and oxygen atoms in total. The van der Waals surface area contributed by atoms with Crippen LogP contribution in [0.2, 0.25) is 0 Å². The van der Waals surface area contributed by atoms with Crippen molar-refractivity contribution in [2.24, 2.45) is 5.92 Å². The summed E-state index contributed by atoms with van der Waals surface area (Å²) >= 11 is 0. The van der Waals surface area contributed by atoms with Gasteiger partial charge in [-0.3, -0.25) is 0 Å². The van der Waals surface area contributed by atoms with Gasteiger partial charge in [-0.25, -0.2) is 0 Å². The number of anilines is 1. The summed E-state index contributed by atoms with van der Waals surface area (Å²) in [5.41, 5.74) is 3.19. The van der Waals surface area contributed by atoms with Gasteiger partial charge in [0.05, 0.1) is 11.6 Å². The average molecular weight is 269 g/mol. The summed E-state index contributed by atoms with van der Waals surface area (Å²) in [6.45, 7) is 5.52. The lowest BCUT2D eigenvalue weighted by Gasteiger charge is -2.32. The maximum absolute atomic E-state index is 9.06. The van der Waals surface area contributed by atoms with Gasteiger partial charge in [-0.05, 0) is 75.4 Å². The van der Waals surface area contributed by atoms with Crippen LogP contribution >= 0.6 is 0 Å². The number of hydrogen-bond donors (Lipinski definition) is 1. The first-order chi connectivity index (χ1) is 9.78. The molecule has 1 heterocycles. The van der Waals surface area contributed by atoms with E-state index < -0.39 is 0 Å². The van der Waals surface area contributed by atoms with Gasteiger partial charge in [0.2, 0.25) is 0 Å². The number of nitrogens with zero attached hydrogens (tertiary/aromatic N) is 2. The van der Waals surface area contributed by atoms with Gasteiger partial charge in [0.25, 0.3) is 0 Å². The Balaban J connectivity index is 1.76. The van der Waals surface area contributed by atoms with Crippen LogP contribution in [0.15, 0.2) is 18.2 Å². The normalized spacial score (nSPS) is 22.3. The first kappa shape index (κ1) is 13.5. The average Bonchev–Trinajstić information content (AvgIpc) is 3.30. The Morgan fingerprint density at radius 3 is 2.80 bits per heavy atom. The van der Waals surface area contributed by atoms with Gasteiger partial charge in [-0.15, -0.1) is 0 Å². The Kier molecular flexibility index (Phi) is 3.93. The molecular formula is C17H23N3. The van der Waals surface area contributed by atoms with Crippen LogP contribution in [0.5, 0.6) is 0 Å². The topological polar surface area (TPSA) is 39.1 Å². The third kappa shape index (κ3) is 2.96. The van der Waals surface area contributed by atoms with Crippen molar-refractivity contribution in [3.05, 3.63) is 29.3 Å². The van der Waals surface area contributed by atoms with E-state index in [9.17, 15) is 0 Å². The van der Waals surface area contributed by atoms with E-state index in [1.807, 2.05) is 13.0 Å². The lowest BCUT2D eigenvalue weighted by molar-refractivity contribution is 0.376. The summed E-state index contributed by atoms with van der Waals surface area (Å²) in [6.07, 6.45) is 5.28. The molecule has 0 aromatic heterocycles. The van der Waals surface area contributed by atoms with Crippen LogP contribution in [0.3, 0.4) is 0 Å². The molecule has 0 amide bonds. The predicted molar refractivity (Wildman–Crippen MR) is 81.9 cm³/mol. The maximum atomic E-state index is 9.06. The van der Waals surface area contributed by atoms with Crippen LogP contribution in [-0.2, 0) is 0 Å². The van der Waals surface area contributed by atoms with Crippen molar-refractivity contribution >= 4 is 5.69 Å². The molecule has 1 saturated heterocycles. The van der Waals surface area contributed by atoms with Crippen molar-refractivity contribution < 1.29 is 0 Å². The fraction of sp³-hybridized carbons (Fsp3) is 0.588. The second-order valence-electron chi connectivity index (χ2n) is 6.21. The molecule has 0 bridgehead atoms. The zero-order chi connectivity index (χ0) is 13.9. The third-order valence-corrected chi connectivity index (χ3v) is 4.50. The fourth-order valence-electron chi connectivity index (χ4n) is 3.16. The molecule has 1 aliphatic carbocycles. The number of hydrogen-bond acceptors (Lipinski definition) is 3. The Labute approximate surface area is 121 Å². The molecular weight excluding hydrogens is 246 g/mol. The minimum absolute atomic E-state index is 0.726. The highest BCUT2D eigenvalue weighted by Gasteiger charge is 2.31. The van der Waals surface area contributed by atoms with E-state index in [-0.39, 0.29) is 0 Å². The van der Waals surface area contributed by atoms with Crippen molar-refractivity contribution in [3.8, 4) is 6.07 Å². The quantitative estimate of drug-likeness (QED) is 0.913. The molecule has 0 spiro atoms. The van der Waals surface area contributed by atoms with E-state index in [0.29, 0.717) is 0 Å². The molecule has 2 fully saturated rings. The van der Waals surface area contributed by atoms with E-state index in [1.165, 1.54) is 37.9 Å². The Morgan fingerprint density at radius 1 is 1.35 bits per heavy atom. The van der Waals surface area contributed by atoms with Crippen LogP contribution in [0, 0.1) is 24.2 Å². The molecule has 106 valence electrons. The van der Waals surface area contributed by atoms with Crippen molar-refractivity contribution in [2.75, 3.05) is 24.5 Å². The molecule has 1 saturated carbocycles. The third-order valence-electron chi connectivity index (χ3n) is 4.50. The molecule has 3 heteroatoms. The zero-order valence-corrected chi connectivity index (χ0v) is 12.2. The van der Waals surface area contributed by atoms with Crippen molar-refractivity contribution in [1.82, 2.24) is 5.32 Å². The van der Waals surface area contributed by atoms with Crippen LogP contribution in [0.4, 0.5) is 5.69 Å². The van der Waals surface area contributed by atoms with Crippen molar-refractivity contribution in [1.29, 1.82) is 5.26 Å². The van der Waals surface area contributed by atoms with Gasteiger partial charge in [-0.2, -0.15) is 5.26 Å². The zero-order valence-electron chi connectivity index (χ0n) is 12.2. The van der Waals surface area contributed by atoms with Crippen molar-refractivity contribution in [3.63, 3.8) is 0 Å². The highest BCUT2D eigenvalue weighted by Crippen LogP contribution is 2.33. The number of nitrogens with one attached hydrogen (secondary N) is 1. The highest BCUT2D eigenvalue weighted by molar-refractivity contribution is 5.55. The molecule has 2 aliphatic rings. The fourth-order valence-corrected chi connectivity index (χ4v) is 3.16. The highest BCUT2D eigenvalue weighted by atomic mass is 15.2. The molecule has 3 rings (SSSR count). The van der Waals surface area contributed by atoms with Crippen LogP contribution < -0.4 is 10.2 Å². The molecule has 1 N–H and O–H groups in total. The van der Waals surface area contributed by atoms with E-state index in [2.05, 4.69) is 28.4 Å². The van der Waals surface area contributed by atoms with Crippen LogP contribution in [0.25, 0.3) is 0 Å². The smallest absolute Gasteiger partial charge is 0.0994 e. The number of aryl methyl sites for hydroxylation is 1. The maximum Gasteiger partial charge on any atom is 0.0994 e. The summed E-state index contributed by atoms with van der Waals surface area (Å²) in [4.78, 5) is 2.58. The lowest BCUT2D eigenvalue weighted by Crippen LogP contribution is -2.39. The second-order valence-corrected chi connectivity index (χ2v) is 6.21. The van der Waals surface area contributed by atoms with Gasteiger partial charge < -0.3 is 10.2 Å². The molecule has 1 aliphatic heterocycles. The van der Waals surface area contributed by atoms with Gasteiger partial charge in [0.1, 0.15) is 0 Å². The number of piperidine rings is 1. The van der Waals surface area contributed by atoms with Gasteiger partial charge in [0.15, 0.2) is 0 Å². The van der Waals surface area contributed by atoms with Crippen LogP contribution in [-0.4, -0.2) is 25.7 Å². The van der Waals surface area contributed by atoms with Gasteiger partial charge >= 0.3 is 0 Å². The number of rotatable bonds is 4. The van der Waals surface area contributed by atoms with E-state index in [4.69, 9.17) is 5.26 Å². The van der Waals surface area contributed by atoms with Crippen molar-refractivity contribution in [2.45, 2.75) is 38.6 Å². The molecule has 20 heavy (non-hydrogen) atoms.